The van der Waals surface area contributed by atoms with Gasteiger partial charge in [0, 0.05) is 23.1 Å². The fraction of sp³-hybridized carbons (Fsp3) is 0.143. The molecule has 0 fully saturated rings. The Bertz CT molecular complexity index is 1360. The summed E-state index contributed by atoms with van der Waals surface area (Å²) in [5.41, 5.74) is 2.30. The van der Waals surface area contributed by atoms with Crippen LogP contribution in [0.15, 0.2) is 66.7 Å². The molecule has 0 atom stereocenters. The van der Waals surface area contributed by atoms with Crippen LogP contribution in [0.4, 0.5) is 8.78 Å². The molecular weight excluding hydrogens is 374 g/mol. The van der Waals surface area contributed by atoms with Crippen molar-refractivity contribution in [2.24, 2.45) is 0 Å². The smallest absolute Gasteiger partial charge is 0.160 e. The zero-order valence-electron chi connectivity index (χ0n) is 16.7. The number of fused-ring (bicyclic) bond motifs is 3. The van der Waals surface area contributed by atoms with E-state index in [2.05, 4.69) is 67.0 Å². The minimum absolute atomic E-state index is 0.445. The lowest BCUT2D eigenvalue weighted by Gasteiger charge is -2.05. The van der Waals surface area contributed by atoms with Crippen LogP contribution in [0.1, 0.15) is 42.9 Å². The molecule has 2 heteroatoms. The Hall–Kier alpha value is -3.62. The van der Waals surface area contributed by atoms with Gasteiger partial charge in [-0.2, -0.15) is 0 Å². The number of hydrogen-bond acceptors (Lipinski definition) is 0. The maximum Gasteiger partial charge on any atom is 0.160 e. The topological polar surface area (TPSA) is 0 Å². The molecule has 0 unspecified atom stereocenters. The van der Waals surface area contributed by atoms with Crippen molar-refractivity contribution in [2.75, 3.05) is 0 Å². The molecule has 0 N–H and O–H groups in total. The molecule has 0 radical (unpaired) electrons. The van der Waals surface area contributed by atoms with Crippen molar-refractivity contribution in [1.82, 2.24) is 0 Å². The van der Waals surface area contributed by atoms with Crippen molar-refractivity contribution >= 4 is 21.5 Å². The molecule has 4 rings (SSSR count). The highest BCUT2D eigenvalue weighted by Gasteiger charge is 2.03. The first-order valence-corrected chi connectivity index (χ1v) is 10.1. The maximum absolute atomic E-state index is 13.3. The molecule has 0 amide bonds. The van der Waals surface area contributed by atoms with E-state index in [1.807, 2.05) is 12.1 Å². The highest BCUT2D eigenvalue weighted by atomic mass is 19.2. The lowest BCUT2D eigenvalue weighted by molar-refractivity contribution is 0.508. The molecule has 0 heterocycles. The normalized spacial score (nSPS) is 10.4. The van der Waals surface area contributed by atoms with Crippen LogP contribution in [0.5, 0.6) is 0 Å². The van der Waals surface area contributed by atoms with E-state index in [9.17, 15) is 8.78 Å². The molecule has 0 aliphatic rings. The number of unbranched alkanes of at least 4 members (excludes halogenated alkanes) is 2. The van der Waals surface area contributed by atoms with Crippen LogP contribution in [-0.4, -0.2) is 0 Å². The monoisotopic (exact) mass is 394 g/mol. The molecule has 0 aliphatic carbocycles. The molecule has 0 nitrogen and oxygen atoms in total. The van der Waals surface area contributed by atoms with E-state index in [0.717, 1.165) is 58.7 Å². The van der Waals surface area contributed by atoms with Crippen LogP contribution in [0, 0.1) is 35.3 Å². The molecule has 0 aromatic heterocycles. The molecule has 4 aromatic rings. The maximum atomic E-state index is 13.3. The Balaban J connectivity index is 1.65. The minimum Gasteiger partial charge on any atom is -0.204 e. The molecule has 0 saturated heterocycles. The van der Waals surface area contributed by atoms with Gasteiger partial charge >= 0.3 is 0 Å². The van der Waals surface area contributed by atoms with E-state index in [1.54, 1.807) is 0 Å². The second kappa shape index (κ2) is 8.81. The van der Waals surface area contributed by atoms with Gasteiger partial charge in [-0.3, -0.25) is 0 Å². The van der Waals surface area contributed by atoms with E-state index in [1.165, 1.54) is 11.5 Å². The van der Waals surface area contributed by atoms with E-state index in [4.69, 9.17) is 0 Å². The Morgan fingerprint density at radius 2 is 1.20 bits per heavy atom. The van der Waals surface area contributed by atoms with Gasteiger partial charge < -0.3 is 0 Å². The lowest BCUT2D eigenvalue weighted by atomic mass is 9.98. The summed E-state index contributed by atoms with van der Waals surface area (Å²) in [6.07, 6.45) is 3.22. The Labute approximate surface area is 175 Å². The fourth-order valence-corrected chi connectivity index (χ4v) is 3.37. The van der Waals surface area contributed by atoms with Crippen molar-refractivity contribution in [2.45, 2.75) is 26.2 Å². The zero-order chi connectivity index (χ0) is 20.9. The molecule has 0 spiro atoms. The third-order valence-corrected chi connectivity index (χ3v) is 4.99. The van der Waals surface area contributed by atoms with Crippen LogP contribution in [-0.2, 0) is 0 Å². The van der Waals surface area contributed by atoms with Gasteiger partial charge in [-0.05, 0) is 70.4 Å². The van der Waals surface area contributed by atoms with Gasteiger partial charge in [-0.1, -0.05) is 61.3 Å². The molecule has 0 saturated carbocycles. The summed E-state index contributed by atoms with van der Waals surface area (Å²) in [7, 11) is 0. The summed E-state index contributed by atoms with van der Waals surface area (Å²) in [5.74, 6) is 10.7. The van der Waals surface area contributed by atoms with Crippen molar-refractivity contribution in [3.63, 3.8) is 0 Å². The second-order valence-corrected chi connectivity index (χ2v) is 7.22. The second-order valence-electron chi connectivity index (χ2n) is 7.22. The van der Waals surface area contributed by atoms with Crippen molar-refractivity contribution in [3.05, 3.63) is 95.1 Å². The summed E-state index contributed by atoms with van der Waals surface area (Å²) in [6.45, 7) is 2.17. The van der Waals surface area contributed by atoms with Gasteiger partial charge in [0.1, 0.15) is 0 Å². The summed E-state index contributed by atoms with van der Waals surface area (Å²) >= 11 is 0. The number of hydrogen-bond donors (Lipinski definition) is 0. The lowest BCUT2D eigenvalue weighted by Crippen LogP contribution is -1.85. The Morgan fingerprint density at radius 3 is 1.80 bits per heavy atom. The third kappa shape index (κ3) is 4.35. The first kappa shape index (κ1) is 19.7. The van der Waals surface area contributed by atoms with Gasteiger partial charge in [0.05, 0.1) is 0 Å². The van der Waals surface area contributed by atoms with E-state index < -0.39 is 11.6 Å². The molecule has 0 aliphatic heterocycles. The quantitative estimate of drug-likeness (QED) is 0.191. The molecule has 146 valence electrons. The SMILES string of the molecule is CCCCC#Cc1ccc2c(ccc3cc(C#Cc4ccc(F)c(F)c4)ccc32)c1. The zero-order valence-corrected chi connectivity index (χ0v) is 16.7. The van der Waals surface area contributed by atoms with Crippen LogP contribution in [0.25, 0.3) is 21.5 Å². The summed E-state index contributed by atoms with van der Waals surface area (Å²) < 4.78 is 26.4. The van der Waals surface area contributed by atoms with Gasteiger partial charge in [0.2, 0.25) is 0 Å². The van der Waals surface area contributed by atoms with Gasteiger partial charge in [-0.15, -0.1) is 0 Å². The third-order valence-electron chi connectivity index (χ3n) is 4.99. The number of rotatable bonds is 2. The van der Waals surface area contributed by atoms with Crippen molar-refractivity contribution in [3.8, 4) is 23.7 Å². The summed E-state index contributed by atoms with van der Waals surface area (Å²) in [4.78, 5) is 0. The average Bonchev–Trinajstić information content (AvgIpc) is 2.77. The Kier molecular flexibility index (Phi) is 5.78. The van der Waals surface area contributed by atoms with Crippen molar-refractivity contribution < 1.29 is 8.78 Å². The van der Waals surface area contributed by atoms with Gasteiger partial charge in [0.25, 0.3) is 0 Å². The molecule has 4 aromatic carbocycles. The van der Waals surface area contributed by atoms with Crippen LogP contribution >= 0.6 is 0 Å². The van der Waals surface area contributed by atoms with Crippen LogP contribution in [0.3, 0.4) is 0 Å². The molecule has 0 bridgehead atoms. The standard InChI is InChI=1S/C28H20F2/c1-2-3-4-5-6-20-9-14-25-23(17-20)12-13-24-18-21(10-15-26(24)25)7-8-22-11-16-27(29)28(30)19-22/h9-19H,2-4H2,1H3. The summed E-state index contributed by atoms with van der Waals surface area (Å²) in [5, 5.41) is 4.56. The molecular formula is C28H20F2. The van der Waals surface area contributed by atoms with Crippen LogP contribution in [0.2, 0.25) is 0 Å². The highest BCUT2D eigenvalue weighted by molar-refractivity contribution is 6.08. The van der Waals surface area contributed by atoms with E-state index in [-0.39, 0.29) is 0 Å². The number of benzene rings is 4. The predicted octanol–water partition coefficient (Wildman–Crippen LogP) is 7.21. The first-order valence-electron chi connectivity index (χ1n) is 10.1. The average molecular weight is 394 g/mol. The van der Waals surface area contributed by atoms with E-state index >= 15 is 0 Å². The van der Waals surface area contributed by atoms with Crippen molar-refractivity contribution in [1.29, 1.82) is 0 Å². The van der Waals surface area contributed by atoms with E-state index in [0.29, 0.717) is 5.56 Å². The summed E-state index contributed by atoms with van der Waals surface area (Å²) in [6, 6.07) is 20.2. The molecule has 30 heavy (non-hydrogen) atoms. The number of halogens is 2. The van der Waals surface area contributed by atoms with Gasteiger partial charge in [0.15, 0.2) is 11.6 Å². The first-order chi connectivity index (χ1) is 14.6. The Morgan fingerprint density at radius 1 is 0.633 bits per heavy atom. The van der Waals surface area contributed by atoms with Gasteiger partial charge in [-0.25, -0.2) is 8.78 Å². The fourth-order valence-electron chi connectivity index (χ4n) is 3.37. The van der Waals surface area contributed by atoms with Crippen LogP contribution < -0.4 is 0 Å². The highest BCUT2D eigenvalue weighted by Crippen LogP contribution is 2.27. The minimum atomic E-state index is -0.888. The predicted molar refractivity (Wildman–Crippen MR) is 120 cm³/mol. The largest absolute Gasteiger partial charge is 0.204 e.